The average molecular weight is 374 g/mol. The van der Waals surface area contributed by atoms with Gasteiger partial charge in [-0.05, 0) is 18.2 Å². The number of nitro benzene ring substituents is 2. The highest BCUT2D eigenvalue weighted by molar-refractivity contribution is 7.22. The molecule has 1 amide bonds. The standard InChI is InChI=1S/C15H10N4O6S/c1-25-11-2-3-12-13(7-11)26-15(16-12)17-14(20)8-4-9(18(21)22)6-10(5-8)19(23)24/h2-7H,1H3,(H,16,17,20). The van der Waals surface area contributed by atoms with E-state index in [1.165, 1.54) is 18.4 Å². The molecule has 1 aromatic heterocycles. The van der Waals surface area contributed by atoms with Crippen LogP contribution in [0.5, 0.6) is 5.75 Å². The number of ether oxygens (including phenoxy) is 1. The number of nitrogens with one attached hydrogen (secondary N) is 1. The molecule has 132 valence electrons. The van der Waals surface area contributed by atoms with Crippen LogP contribution in [0.4, 0.5) is 16.5 Å². The van der Waals surface area contributed by atoms with E-state index in [0.29, 0.717) is 11.3 Å². The van der Waals surface area contributed by atoms with Crippen molar-refractivity contribution in [3.8, 4) is 5.75 Å². The van der Waals surface area contributed by atoms with Crippen molar-refractivity contribution in [1.82, 2.24) is 4.98 Å². The van der Waals surface area contributed by atoms with E-state index in [4.69, 9.17) is 4.74 Å². The van der Waals surface area contributed by atoms with E-state index in [9.17, 15) is 25.0 Å². The number of rotatable bonds is 5. The maximum Gasteiger partial charge on any atom is 0.277 e. The second-order valence-electron chi connectivity index (χ2n) is 5.06. The number of anilines is 1. The third kappa shape index (κ3) is 3.42. The van der Waals surface area contributed by atoms with Gasteiger partial charge in [-0.25, -0.2) is 4.98 Å². The molecule has 0 fully saturated rings. The average Bonchev–Trinajstić information content (AvgIpc) is 3.02. The van der Waals surface area contributed by atoms with Gasteiger partial charge in [-0.3, -0.25) is 30.3 Å². The Kier molecular flexibility index (Phi) is 4.45. The smallest absolute Gasteiger partial charge is 0.277 e. The van der Waals surface area contributed by atoms with Crippen LogP contribution in [-0.2, 0) is 0 Å². The highest BCUT2D eigenvalue weighted by atomic mass is 32.1. The zero-order chi connectivity index (χ0) is 18.8. The van der Waals surface area contributed by atoms with Gasteiger partial charge in [0.25, 0.3) is 17.3 Å². The van der Waals surface area contributed by atoms with Crippen molar-refractivity contribution in [2.24, 2.45) is 0 Å². The topological polar surface area (TPSA) is 138 Å². The fourth-order valence-electron chi connectivity index (χ4n) is 2.19. The summed E-state index contributed by atoms with van der Waals surface area (Å²) in [7, 11) is 1.53. The van der Waals surface area contributed by atoms with E-state index in [2.05, 4.69) is 10.3 Å². The SMILES string of the molecule is COc1ccc2nc(NC(=O)c3cc([N+](=O)[O-])cc([N+](=O)[O-])c3)sc2c1. The normalized spacial score (nSPS) is 10.5. The lowest BCUT2D eigenvalue weighted by Gasteiger charge is -2.02. The van der Waals surface area contributed by atoms with Gasteiger partial charge in [0.05, 0.1) is 38.8 Å². The number of amides is 1. The number of fused-ring (bicyclic) bond motifs is 1. The molecule has 3 rings (SSSR count). The molecule has 0 saturated heterocycles. The van der Waals surface area contributed by atoms with E-state index in [0.717, 1.165) is 22.9 Å². The minimum absolute atomic E-state index is 0.206. The van der Waals surface area contributed by atoms with Crippen LogP contribution in [0, 0.1) is 20.2 Å². The second-order valence-corrected chi connectivity index (χ2v) is 6.09. The van der Waals surface area contributed by atoms with E-state index >= 15 is 0 Å². The Hall–Kier alpha value is -3.60. The molecule has 3 aromatic rings. The van der Waals surface area contributed by atoms with Gasteiger partial charge in [0, 0.05) is 12.1 Å². The second kappa shape index (κ2) is 6.72. The number of carbonyl (C=O) groups excluding carboxylic acids is 1. The maximum absolute atomic E-state index is 12.3. The van der Waals surface area contributed by atoms with Gasteiger partial charge in [0.1, 0.15) is 5.75 Å². The van der Waals surface area contributed by atoms with Crippen LogP contribution < -0.4 is 10.1 Å². The van der Waals surface area contributed by atoms with E-state index in [-0.39, 0.29) is 10.7 Å². The number of nitro groups is 2. The highest BCUT2D eigenvalue weighted by Crippen LogP contribution is 2.30. The first-order valence-electron chi connectivity index (χ1n) is 7.07. The van der Waals surface area contributed by atoms with E-state index in [1.807, 2.05) is 0 Å². The van der Waals surface area contributed by atoms with Gasteiger partial charge in [-0.15, -0.1) is 0 Å². The van der Waals surface area contributed by atoms with Crippen molar-refractivity contribution in [2.75, 3.05) is 12.4 Å². The molecule has 0 radical (unpaired) electrons. The van der Waals surface area contributed by atoms with Gasteiger partial charge in [-0.2, -0.15) is 0 Å². The van der Waals surface area contributed by atoms with Crippen molar-refractivity contribution in [3.63, 3.8) is 0 Å². The Bertz CT molecular complexity index is 1020. The summed E-state index contributed by atoms with van der Waals surface area (Å²) in [4.78, 5) is 36.8. The summed E-state index contributed by atoms with van der Waals surface area (Å²) in [6.07, 6.45) is 0. The number of non-ortho nitro benzene ring substituents is 2. The Morgan fingerprint density at radius 2 is 1.77 bits per heavy atom. The molecular weight excluding hydrogens is 364 g/mol. The molecule has 1 heterocycles. The molecular formula is C15H10N4O6S. The van der Waals surface area contributed by atoms with Crippen LogP contribution >= 0.6 is 11.3 Å². The van der Waals surface area contributed by atoms with Crippen LogP contribution in [0.25, 0.3) is 10.2 Å². The first-order chi connectivity index (χ1) is 12.4. The lowest BCUT2D eigenvalue weighted by molar-refractivity contribution is -0.394. The Morgan fingerprint density at radius 3 is 2.35 bits per heavy atom. The Morgan fingerprint density at radius 1 is 1.12 bits per heavy atom. The summed E-state index contributed by atoms with van der Waals surface area (Å²) in [6.45, 7) is 0. The van der Waals surface area contributed by atoms with Crippen LogP contribution in [0.2, 0.25) is 0 Å². The van der Waals surface area contributed by atoms with Crippen molar-refractivity contribution >= 4 is 44.0 Å². The predicted octanol–water partition coefficient (Wildman–Crippen LogP) is 3.37. The number of benzene rings is 2. The van der Waals surface area contributed by atoms with Crippen molar-refractivity contribution in [2.45, 2.75) is 0 Å². The van der Waals surface area contributed by atoms with Gasteiger partial charge in [0.15, 0.2) is 5.13 Å². The van der Waals surface area contributed by atoms with Gasteiger partial charge < -0.3 is 4.74 Å². The first kappa shape index (κ1) is 17.2. The molecule has 0 aliphatic carbocycles. The largest absolute Gasteiger partial charge is 0.497 e. The molecule has 0 aliphatic rings. The summed E-state index contributed by atoms with van der Waals surface area (Å²) in [5.41, 5.74) is -0.657. The van der Waals surface area contributed by atoms with Crippen LogP contribution in [0.3, 0.4) is 0 Å². The minimum atomic E-state index is -0.798. The number of hydrogen-bond acceptors (Lipinski definition) is 8. The van der Waals surface area contributed by atoms with Gasteiger partial charge >= 0.3 is 0 Å². The zero-order valence-electron chi connectivity index (χ0n) is 13.2. The summed E-state index contributed by atoms with van der Waals surface area (Å²) in [6, 6.07) is 7.93. The van der Waals surface area contributed by atoms with Crippen LogP contribution in [-0.4, -0.2) is 27.8 Å². The molecule has 0 atom stereocenters. The fourth-order valence-corrected chi connectivity index (χ4v) is 3.08. The quantitative estimate of drug-likeness (QED) is 0.533. The molecule has 10 nitrogen and oxygen atoms in total. The number of aromatic nitrogens is 1. The Labute approximate surface area is 149 Å². The van der Waals surface area contributed by atoms with Crippen molar-refractivity contribution in [3.05, 3.63) is 62.2 Å². The summed E-state index contributed by atoms with van der Waals surface area (Å²) in [5.74, 6) is -0.101. The lowest BCUT2D eigenvalue weighted by Crippen LogP contribution is -2.12. The van der Waals surface area contributed by atoms with E-state index in [1.54, 1.807) is 18.2 Å². The third-order valence-electron chi connectivity index (χ3n) is 3.40. The molecule has 26 heavy (non-hydrogen) atoms. The molecule has 0 bridgehead atoms. The van der Waals surface area contributed by atoms with Crippen LogP contribution in [0.15, 0.2) is 36.4 Å². The summed E-state index contributed by atoms with van der Waals surface area (Å²) >= 11 is 1.18. The third-order valence-corrected chi connectivity index (χ3v) is 4.34. The maximum atomic E-state index is 12.3. The number of thiazole rings is 1. The van der Waals surface area contributed by atoms with E-state index < -0.39 is 27.1 Å². The monoisotopic (exact) mass is 374 g/mol. The zero-order valence-corrected chi connectivity index (χ0v) is 14.0. The van der Waals surface area contributed by atoms with Crippen molar-refractivity contribution in [1.29, 1.82) is 0 Å². The minimum Gasteiger partial charge on any atom is -0.497 e. The molecule has 0 spiro atoms. The molecule has 1 N–H and O–H groups in total. The number of hydrogen-bond donors (Lipinski definition) is 1. The first-order valence-corrected chi connectivity index (χ1v) is 7.89. The van der Waals surface area contributed by atoms with Gasteiger partial charge in [0.2, 0.25) is 0 Å². The van der Waals surface area contributed by atoms with Crippen LogP contribution in [0.1, 0.15) is 10.4 Å². The molecule has 0 aliphatic heterocycles. The molecule has 11 heteroatoms. The summed E-state index contributed by atoms with van der Waals surface area (Å²) < 4.78 is 5.89. The molecule has 0 saturated carbocycles. The van der Waals surface area contributed by atoms with Crippen molar-refractivity contribution < 1.29 is 19.4 Å². The number of nitrogens with zero attached hydrogens (tertiary/aromatic N) is 3. The number of carbonyl (C=O) groups is 1. The predicted molar refractivity (Wildman–Crippen MR) is 93.9 cm³/mol. The molecule has 2 aromatic carbocycles. The molecule has 0 unspecified atom stereocenters. The number of methoxy groups -OCH3 is 1. The summed E-state index contributed by atoms with van der Waals surface area (Å²) in [5, 5.41) is 24.6. The Balaban J connectivity index is 1.92. The van der Waals surface area contributed by atoms with Gasteiger partial charge in [-0.1, -0.05) is 11.3 Å². The fraction of sp³-hybridized carbons (Fsp3) is 0.0667. The highest BCUT2D eigenvalue weighted by Gasteiger charge is 2.20. The lowest BCUT2D eigenvalue weighted by atomic mass is 10.1.